The second-order valence-electron chi connectivity index (χ2n) is 4.71. The molecule has 0 bridgehead atoms. The smallest absolute Gasteiger partial charge is 0.00507 e. The molecule has 0 aromatic carbocycles. The van der Waals surface area contributed by atoms with Gasteiger partial charge in [0.15, 0.2) is 0 Å². The minimum Gasteiger partial charge on any atom is -0.314 e. The minimum atomic E-state index is 0.645. The van der Waals surface area contributed by atoms with Gasteiger partial charge < -0.3 is 15.1 Å². The van der Waals surface area contributed by atoms with Gasteiger partial charge in [0, 0.05) is 6.04 Å². The third-order valence-electron chi connectivity index (χ3n) is 2.64. The second kappa shape index (κ2) is 9.13. The summed E-state index contributed by atoms with van der Waals surface area (Å²) in [4.78, 5) is 4.67. The molecule has 0 aromatic heterocycles. The van der Waals surface area contributed by atoms with Crippen LogP contribution in [0.1, 0.15) is 26.7 Å². The van der Waals surface area contributed by atoms with Crippen molar-refractivity contribution in [2.75, 3.05) is 47.3 Å². The molecule has 0 saturated carbocycles. The molecular formula is C12H29N3. The van der Waals surface area contributed by atoms with Crippen molar-refractivity contribution in [3.05, 3.63) is 0 Å². The molecule has 0 spiro atoms. The van der Waals surface area contributed by atoms with Crippen molar-refractivity contribution in [1.29, 1.82) is 0 Å². The van der Waals surface area contributed by atoms with Crippen LogP contribution in [0, 0.1) is 0 Å². The van der Waals surface area contributed by atoms with Crippen molar-refractivity contribution < 1.29 is 0 Å². The first-order chi connectivity index (χ1) is 7.06. The molecule has 0 saturated heterocycles. The van der Waals surface area contributed by atoms with Crippen LogP contribution in [0.4, 0.5) is 0 Å². The predicted octanol–water partition coefficient (Wildman–Crippen LogP) is 1.26. The first-order valence-electron chi connectivity index (χ1n) is 6.13. The summed E-state index contributed by atoms with van der Waals surface area (Å²) in [5.41, 5.74) is 0. The molecule has 3 nitrogen and oxygen atoms in total. The SMILES string of the molecule is CCNC(C)CCN(C)CCCN(C)C. The van der Waals surface area contributed by atoms with Gasteiger partial charge in [0.1, 0.15) is 0 Å². The van der Waals surface area contributed by atoms with Crippen LogP contribution in [0.15, 0.2) is 0 Å². The molecule has 1 N–H and O–H groups in total. The summed E-state index contributed by atoms with van der Waals surface area (Å²) in [6.45, 7) is 9.09. The van der Waals surface area contributed by atoms with E-state index in [4.69, 9.17) is 0 Å². The van der Waals surface area contributed by atoms with E-state index in [-0.39, 0.29) is 0 Å². The summed E-state index contributed by atoms with van der Waals surface area (Å²) in [6.07, 6.45) is 2.51. The number of hydrogen-bond acceptors (Lipinski definition) is 3. The van der Waals surface area contributed by atoms with Gasteiger partial charge >= 0.3 is 0 Å². The highest BCUT2D eigenvalue weighted by atomic mass is 15.1. The van der Waals surface area contributed by atoms with Crippen molar-refractivity contribution in [3.63, 3.8) is 0 Å². The van der Waals surface area contributed by atoms with E-state index >= 15 is 0 Å². The Balaban J connectivity index is 3.36. The van der Waals surface area contributed by atoms with Crippen LogP contribution in [-0.2, 0) is 0 Å². The number of rotatable bonds is 9. The topological polar surface area (TPSA) is 18.5 Å². The summed E-state index contributed by atoms with van der Waals surface area (Å²) in [7, 11) is 6.48. The van der Waals surface area contributed by atoms with Crippen LogP contribution in [0.5, 0.6) is 0 Å². The number of hydrogen-bond donors (Lipinski definition) is 1. The summed E-state index contributed by atoms with van der Waals surface area (Å²) >= 11 is 0. The lowest BCUT2D eigenvalue weighted by molar-refractivity contribution is 0.286. The van der Waals surface area contributed by atoms with Crippen molar-refractivity contribution in [2.45, 2.75) is 32.7 Å². The van der Waals surface area contributed by atoms with Crippen LogP contribution in [0.25, 0.3) is 0 Å². The summed E-state index contributed by atoms with van der Waals surface area (Å²) in [5, 5.41) is 3.44. The Morgan fingerprint density at radius 3 is 2.27 bits per heavy atom. The lowest BCUT2D eigenvalue weighted by atomic mass is 10.2. The van der Waals surface area contributed by atoms with Crippen LogP contribution in [0.2, 0.25) is 0 Å². The number of nitrogens with one attached hydrogen (secondary N) is 1. The Morgan fingerprint density at radius 2 is 1.73 bits per heavy atom. The molecule has 0 fully saturated rings. The normalized spacial score (nSPS) is 13.8. The Hall–Kier alpha value is -0.120. The third-order valence-corrected chi connectivity index (χ3v) is 2.64. The highest BCUT2D eigenvalue weighted by molar-refractivity contribution is 4.62. The third kappa shape index (κ3) is 10.2. The highest BCUT2D eigenvalue weighted by Gasteiger charge is 2.03. The van der Waals surface area contributed by atoms with Gasteiger partial charge in [-0.25, -0.2) is 0 Å². The van der Waals surface area contributed by atoms with E-state index in [1.54, 1.807) is 0 Å². The molecule has 0 heterocycles. The molecule has 0 aliphatic heterocycles. The van der Waals surface area contributed by atoms with Crippen LogP contribution < -0.4 is 5.32 Å². The van der Waals surface area contributed by atoms with Crippen molar-refractivity contribution in [3.8, 4) is 0 Å². The fraction of sp³-hybridized carbons (Fsp3) is 1.00. The largest absolute Gasteiger partial charge is 0.314 e. The Morgan fingerprint density at radius 1 is 1.07 bits per heavy atom. The molecule has 15 heavy (non-hydrogen) atoms. The van der Waals surface area contributed by atoms with Crippen molar-refractivity contribution in [2.24, 2.45) is 0 Å². The van der Waals surface area contributed by atoms with E-state index in [1.165, 1.54) is 32.5 Å². The molecule has 0 rings (SSSR count). The van der Waals surface area contributed by atoms with Crippen LogP contribution in [-0.4, -0.2) is 63.2 Å². The predicted molar refractivity (Wildman–Crippen MR) is 68.4 cm³/mol. The lowest BCUT2D eigenvalue weighted by Crippen LogP contribution is -2.31. The molecule has 1 atom stereocenters. The average molecular weight is 215 g/mol. The van der Waals surface area contributed by atoms with Gasteiger partial charge in [0.2, 0.25) is 0 Å². The van der Waals surface area contributed by atoms with E-state index < -0.39 is 0 Å². The number of nitrogens with zero attached hydrogens (tertiary/aromatic N) is 2. The van der Waals surface area contributed by atoms with Gasteiger partial charge in [-0.1, -0.05) is 6.92 Å². The zero-order chi connectivity index (χ0) is 11.7. The maximum Gasteiger partial charge on any atom is 0.00507 e. The van der Waals surface area contributed by atoms with Gasteiger partial charge in [0.05, 0.1) is 0 Å². The monoisotopic (exact) mass is 215 g/mol. The van der Waals surface area contributed by atoms with E-state index in [1.807, 2.05) is 0 Å². The molecule has 0 aromatic rings. The Labute approximate surface area is 95.8 Å². The summed E-state index contributed by atoms with van der Waals surface area (Å²) < 4.78 is 0. The molecule has 0 aliphatic carbocycles. The first-order valence-corrected chi connectivity index (χ1v) is 6.13. The molecule has 0 amide bonds. The van der Waals surface area contributed by atoms with Gasteiger partial charge in [-0.15, -0.1) is 0 Å². The fourth-order valence-electron chi connectivity index (χ4n) is 1.63. The van der Waals surface area contributed by atoms with E-state index in [0.717, 1.165) is 6.54 Å². The van der Waals surface area contributed by atoms with Crippen molar-refractivity contribution in [1.82, 2.24) is 15.1 Å². The molecule has 92 valence electrons. The summed E-state index contributed by atoms with van der Waals surface area (Å²) in [6, 6.07) is 0.645. The molecule has 0 aliphatic rings. The van der Waals surface area contributed by atoms with Crippen LogP contribution >= 0.6 is 0 Å². The van der Waals surface area contributed by atoms with Crippen molar-refractivity contribution >= 4 is 0 Å². The fourth-order valence-corrected chi connectivity index (χ4v) is 1.63. The quantitative estimate of drug-likeness (QED) is 0.625. The molecular weight excluding hydrogens is 186 g/mol. The van der Waals surface area contributed by atoms with Crippen LogP contribution in [0.3, 0.4) is 0 Å². The minimum absolute atomic E-state index is 0.645. The van der Waals surface area contributed by atoms with Gasteiger partial charge in [0.25, 0.3) is 0 Å². The summed E-state index contributed by atoms with van der Waals surface area (Å²) in [5.74, 6) is 0. The average Bonchev–Trinajstić information content (AvgIpc) is 2.14. The van der Waals surface area contributed by atoms with Gasteiger partial charge in [-0.3, -0.25) is 0 Å². The maximum atomic E-state index is 3.44. The zero-order valence-corrected chi connectivity index (χ0v) is 11.2. The maximum absolute atomic E-state index is 3.44. The Bertz CT molecular complexity index is 137. The zero-order valence-electron chi connectivity index (χ0n) is 11.2. The second-order valence-corrected chi connectivity index (χ2v) is 4.71. The van der Waals surface area contributed by atoms with E-state index in [2.05, 4.69) is 50.1 Å². The lowest BCUT2D eigenvalue weighted by Gasteiger charge is -2.20. The first kappa shape index (κ1) is 14.9. The van der Waals surface area contributed by atoms with Gasteiger partial charge in [-0.05, 0) is 67.1 Å². The molecule has 3 heteroatoms. The van der Waals surface area contributed by atoms with E-state index in [9.17, 15) is 0 Å². The molecule has 0 radical (unpaired) electrons. The standard InChI is InChI=1S/C12H29N3/c1-6-13-12(2)8-11-15(5)10-7-9-14(3)4/h12-13H,6-11H2,1-5H3. The highest BCUT2D eigenvalue weighted by Crippen LogP contribution is 1.95. The van der Waals surface area contributed by atoms with Gasteiger partial charge in [-0.2, -0.15) is 0 Å². The Kier molecular flexibility index (Phi) is 9.06. The molecule has 1 unspecified atom stereocenters. The van der Waals surface area contributed by atoms with E-state index in [0.29, 0.717) is 6.04 Å².